The molecule has 1 aromatic heterocycles. The van der Waals surface area contributed by atoms with Crippen LogP contribution in [-0.4, -0.2) is 21.2 Å². The van der Waals surface area contributed by atoms with Crippen LogP contribution in [0.1, 0.15) is 13.8 Å². The van der Waals surface area contributed by atoms with E-state index in [1.807, 2.05) is 44.2 Å². The van der Waals surface area contributed by atoms with Gasteiger partial charge in [-0.2, -0.15) is 0 Å². The first-order chi connectivity index (χ1) is 12.4. The summed E-state index contributed by atoms with van der Waals surface area (Å²) < 4.78 is 9.04. The molecule has 0 spiro atoms. The highest BCUT2D eigenvalue weighted by Crippen LogP contribution is 2.33. The van der Waals surface area contributed by atoms with Gasteiger partial charge in [0.05, 0.1) is 16.7 Å². The van der Waals surface area contributed by atoms with E-state index in [0.717, 1.165) is 5.52 Å². The number of benzene rings is 2. The molecule has 0 fully saturated rings. The third-order valence-electron chi connectivity index (χ3n) is 4.01. The molecule has 136 valence electrons. The molecular formula is C19H22N4O3. The van der Waals surface area contributed by atoms with Gasteiger partial charge in [0.25, 0.3) is 0 Å². The van der Waals surface area contributed by atoms with Crippen molar-refractivity contribution in [1.82, 2.24) is 14.5 Å². The highest BCUT2D eigenvalue weighted by atomic mass is 16.5. The number of aromatic nitrogens is 2. The van der Waals surface area contributed by atoms with Gasteiger partial charge in [-0.1, -0.05) is 18.2 Å². The zero-order valence-electron chi connectivity index (χ0n) is 15.2. The second-order valence-electron chi connectivity index (χ2n) is 6.41. The number of carbonyl (C=O) groups excluding carboxylic acids is 1. The monoisotopic (exact) mass is 354 g/mol. The average molecular weight is 354 g/mol. The van der Waals surface area contributed by atoms with E-state index >= 15 is 0 Å². The van der Waals surface area contributed by atoms with Crippen LogP contribution in [0.4, 0.5) is 10.5 Å². The molecule has 2 aromatic carbocycles. The van der Waals surface area contributed by atoms with E-state index in [-0.39, 0.29) is 17.8 Å². The maximum absolute atomic E-state index is 12.2. The topological polar surface area (TPSA) is 77.3 Å². The van der Waals surface area contributed by atoms with Gasteiger partial charge in [0, 0.05) is 26.2 Å². The number of urea groups is 1. The van der Waals surface area contributed by atoms with Crippen molar-refractivity contribution < 1.29 is 9.53 Å². The first-order valence-corrected chi connectivity index (χ1v) is 8.36. The van der Waals surface area contributed by atoms with E-state index in [9.17, 15) is 9.59 Å². The van der Waals surface area contributed by atoms with E-state index in [2.05, 4.69) is 10.6 Å². The molecular weight excluding hydrogens is 332 g/mol. The Kier molecular flexibility index (Phi) is 4.71. The number of ether oxygens (including phenoxy) is 1. The Bertz CT molecular complexity index is 1000. The average Bonchev–Trinajstić information content (AvgIpc) is 2.80. The Balaban J connectivity index is 2.09. The molecule has 0 aliphatic carbocycles. The predicted octanol–water partition coefficient (Wildman–Crippen LogP) is 3.20. The fourth-order valence-corrected chi connectivity index (χ4v) is 2.74. The molecule has 7 nitrogen and oxygen atoms in total. The molecule has 3 rings (SSSR count). The molecule has 0 radical (unpaired) electrons. The maximum Gasteiger partial charge on any atom is 0.328 e. The molecule has 26 heavy (non-hydrogen) atoms. The highest BCUT2D eigenvalue weighted by molar-refractivity contribution is 5.95. The van der Waals surface area contributed by atoms with E-state index < -0.39 is 0 Å². The van der Waals surface area contributed by atoms with Crippen LogP contribution in [0.25, 0.3) is 11.0 Å². The second-order valence-corrected chi connectivity index (χ2v) is 6.41. The van der Waals surface area contributed by atoms with E-state index in [4.69, 9.17) is 4.74 Å². The van der Waals surface area contributed by atoms with Gasteiger partial charge in [-0.05, 0) is 32.0 Å². The van der Waals surface area contributed by atoms with Crippen LogP contribution in [0.2, 0.25) is 0 Å². The van der Waals surface area contributed by atoms with Crippen LogP contribution in [0, 0.1) is 0 Å². The Morgan fingerprint density at radius 1 is 1.04 bits per heavy atom. The molecule has 0 aliphatic heterocycles. The number of nitrogens with one attached hydrogen (secondary N) is 2. The summed E-state index contributed by atoms with van der Waals surface area (Å²) in [6.07, 6.45) is 0. The Labute approximate surface area is 151 Å². The molecule has 2 N–H and O–H groups in total. The van der Waals surface area contributed by atoms with Crippen LogP contribution >= 0.6 is 0 Å². The Hall–Kier alpha value is -3.22. The minimum Gasteiger partial charge on any atom is -0.455 e. The van der Waals surface area contributed by atoms with Gasteiger partial charge in [0.15, 0.2) is 5.75 Å². The molecule has 0 atom stereocenters. The lowest BCUT2D eigenvalue weighted by atomic mass is 10.2. The van der Waals surface area contributed by atoms with Crippen molar-refractivity contribution in [2.45, 2.75) is 19.9 Å². The number of fused-ring (bicyclic) bond motifs is 1. The third-order valence-corrected chi connectivity index (χ3v) is 4.01. The summed E-state index contributed by atoms with van der Waals surface area (Å²) in [6.45, 7) is 3.76. The van der Waals surface area contributed by atoms with Gasteiger partial charge in [0.1, 0.15) is 5.75 Å². The van der Waals surface area contributed by atoms with Crippen molar-refractivity contribution in [2.24, 2.45) is 14.1 Å². The first-order valence-electron chi connectivity index (χ1n) is 8.36. The Morgan fingerprint density at radius 3 is 2.27 bits per heavy atom. The van der Waals surface area contributed by atoms with Gasteiger partial charge in [-0.3, -0.25) is 9.13 Å². The third kappa shape index (κ3) is 3.42. The van der Waals surface area contributed by atoms with Crippen molar-refractivity contribution in [2.75, 3.05) is 5.32 Å². The standard InChI is InChI=1S/C19H22N4O3/c1-12(2)20-18(24)21-14-10-15-16(23(4)19(25)22(15)3)11-17(14)26-13-8-6-5-7-9-13/h5-12H,1-4H3,(H2,20,21,24). The van der Waals surface area contributed by atoms with Crippen LogP contribution in [0.5, 0.6) is 11.5 Å². The number of amides is 2. The minimum absolute atomic E-state index is 0.00157. The summed E-state index contributed by atoms with van der Waals surface area (Å²) in [5.74, 6) is 1.10. The van der Waals surface area contributed by atoms with Gasteiger partial charge in [-0.15, -0.1) is 0 Å². The highest BCUT2D eigenvalue weighted by Gasteiger charge is 2.16. The molecule has 1 heterocycles. The normalized spacial score (nSPS) is 11.0. The zero-order valence-corrected chi connectivity index (χ0v) is 15.2. The smallest absolute Gasteiger partial charge is 0.328 e. The largest absolute Gasteiger partial charge is 0.455 e. The SMILES string of the molecule is CC(C)NC(=O)Nc1cc2c(cc1Oc1ccccc1)n(C)c(=O)n2C. The first kappa shape index (κ1) is 17.6. The van der Waals surface area contributed by atoms with Crippen LogP contribution < -0.4 is 21.1 Å². The number of nitrogens with zero attached hydrogens (tertiary/aromatic N) is 2. The lowest BCUT2D eigenvalue weighted by molar-refractivity contribution is 0.250. The number of imidazole rings is 1. The molecule has 0 saturated heterocycles. The van der Waals surface area contributed by atoms with Crippen molar-refractivity contribution >= 4 is 22.8 Å². The van der Waals surface area contributed by atoms with E-state index in [1.54, 1.807) is 30.8 Å². The van der Waals surface area contributed by atoms with Crippen LogP contribution in [0.3, 0.4) is 0 Å². The van der Waals surface area contributed by atoms with Crippen molar-refractivity contribution in [3.63, 3.8) is 0 Å². The summed E-state index contributed by atoms with van der Waals surface area (Å²) in [6, 6.07) is 12.4. The number of hydrogen-bond acceptors (Lipinski definition) is 3. The molecule has 2 amide bonds. The number of hydrogen-bond donors (Lipinski definition) is 2. The van der Waals surface area contributed by atoms with E-state index in [0.29, 0.717) is 22.7 Å². The minimum atomic E-state index is -0.335. The van der Waals surface area contributed by atoms with Crippen LogP contribution in [0.15, 0.2) is 47.3 Å². The summed E-state index contributed by atoms with van der Waals surface area (Å²) >= 11 is 0. The molecule has 3 aromatic rings. The maximum atomic E-state index is 12.2. The predicted molar refractivity (Wildman–Crippen MR) is 102 cm³/mol. The van der Waals surface area contributed by atoms with Gasteiger partial charge < -0.3 is 15.4 Å². The quantitative estimate of drug-likeness (QED) is 0.755. The number of rotatable bonds is 4. The summed E-state index contributed by atoms with van der Waals surface area (Å²) in [5, 5.41) is 5.59. The van der Waals surface area contributed by atoms with Gasteiger partial charge in [-0.25, -0.2) is 9.59 Å². The summed E-state index contributed by atoms with van der Waals surface area (Å²) in [4.78, 5) is 24.4. The summed E-state index contributed by atoms with van der Waals surface area (Å²) in [5.41, 5.74) is 1.77. The van der Waals surface area contributed by atoms with E-state index in [1.165, 1.54) is 4.57 Å². The molecule has 7 heteroatoms. The van der Waals surface area contributed by atoms with Crippen molar-refractivity contribution in [1.29, 1.82) is 0 Å². The molecule has 0 aliphatic rings. The van der Waals surface area contributed by atoms with Crippen molar-refractivity contribution in [3.05, 3.63) is 52.9 Å². The Morgan fingerprint density at radius 2 is 1.65 bits per heavy atom. The lowest BCUT2D eigenvalue weighted by Crippen LogP contribution is -2.34. The second kappa shape index (κ2) is 6.95. The number of para-hydroxylation sites is 1. The van der Waals surface area contributed by atoms with Gasteiger partial charge >= 0.3 is 11.7 Å². The van der Waals surface area contributed by atoms with Gasteiger partial charge in [0.2, 0.25) is 0 Å². The lowest BCUT2D eigenvalue weighted by Gasteiger charge is -2.15. The number of anilines is 1. The summed E-state index contributed by atoms with van der Waals surface area (Å²) in [7, 11) is 3.40. The molecule has 0 bridgehead atoms. The molecule has 0 saturated carbocycles. The fourth-order valence-electron chi connectivity index (χ4n) is 2.74. The van der Waals surface area contributed by atoms with Crippen LogP contribution in [-0.2, 0) is 14.1 Å². The number of aryl methyl sites for hydroxylation is 2. The fraction of sp³-hybridized carbons (Fsp3) is 0.263. The van der Waals surface area contributed by atoms with Crippen molar-refractivity contribution in [3.8, 4) is 11.5 Å². The molecule has 0 unspecified atom stereocenters. The zero-order chi connectivity index (χ0) is 18.8. The number of carbonyl (C=O) groups is 1.